The summed E-state index contributed by atoms with van der Waals surface area (Å²) in [7, 11) is 2.13. The van der Waals surface area contributed by atoms with Gasteiger partial charge in [0.05, 0.1) is 10.9 Å². The molecule has 0 bridgehead atoms. The van der Waals surface area contributed by atoms with E-state index >= 15 is 0 Å². The molecule has 0 aliphatic carbocycles. The number of hydrogen-bond acceptors (Lipinski definition) is 0. The van der Waals surface area contributed by atoms with Crippen molar-refractivity contribution in [1.29, 1.82) is 0 Å². The summed E-state index contributed by atoms with van der Waals surface area (Å²) >= 11 is 0. The maximum absolute atomic E-state index is 2.33. The largest absolute Gasteiger partial charge is 0.323 e. The topological polar surface area (TPSA) is 8.29 Å². The number of rotatable bonds is 1. The molecule has 2 heteroatoms. The van der Waals surface area contributed by atoms with Gasteiger partial charge in [-0.15, -0.1) is 0 Å². The van der Waals surface area contributed by atoms with Crippen molar-refractivity contribution in [1.82, 2.24) is 4.40 Å². The zero-order valence-electron chi connectivity index (χ0n) is 14.4. The Kier molecular flexibility index (Phi) is 2.95. The van der Waals surface area contributed by atoms with Gasteiger partial charge in [-0.1, -0.05) is 18.2 Å². The van der Waals surface area contributed by atoms with Gasteiger partial charge in [-0.3, -0.25) is 0 Å². The maximum atomic E-state index is 2.33. The smallest absolute Gasteiger partial charge is 0.220 e. The molecule has 120 valence electrons. The second-order valence-corrected chi connectivity index (χ2v) is 6.77. The summed E-state index contributed by atoms with van der Waals surface area (Å²) in [5.74, 6) is 0. The van der Waals surface area contributed by atoms with Gasteiger partial charge in [0.15, 0.2) is 6.20 Å². The molecule has 0 aliphatic heterocycles. The average Bonchev–Trinajstić information content (AvgIpc) is 3.07. The van der Waals surface area contributed by atoms with Gasteiger partial charge in [-0.25, -0.2) is 4.57 Å². The van der Waals surface area contributed by atoms with Gasteiger partial charge in [0.2, 0.25) is 5.69 Å². The number of nitrogens with zero attached hydrogens (tertiary/aromatic N) is 2. The predicted molar refractivity (Wildman–Crippen MR) is 104 cm³/mol. The van der Waals surface area contributed by atoms with Crippen molar-refractivity contribution in [3.8, 4) is 11.3 Å². The summed E-state index contributed by atoms with van der Waals surface area (Å²) in [5.41, 5.74) is 5.09. The van der Waals surface area contributed by atoms with Gasteiger partial charge in [0.25, 0.3) is 0 Å². The third-order valence-corrected chi connectivity index (χ3v) is 5.12. The molecule has 0 atom stereocenters. The fourth-order valence-electron chi connectivity index (χ4n) is 3.84. The molecule has 0 unspecified atom stereocenters. The molecule has 3 heterocycles. The Hall–Kier alpha value is -3.13. The van der Waals surface area contributed by atoms with Crippen LogP contribution in [-0.4, -0.2) is 4.40 Å². The van der Waals surface area contributed by atoms with Crippen LogP contribution in [-0.2, 0) is 7.05 Å². The van der Waals surface area contributed by atoms with E-state index in [0.717, 1.165) is 0 Å². The fourth-order valence-corrected chi connectivity index (χ4v) is 3.84. The molecular weight excluding hydrogens is 304 g/mol. The zero-order chi connectivity index (χ0) is 17.0. The van der Waals surface area contributed by atoms with Crippen LogP contribution in [0.4, 0.5) is 0 Å². The number of aryl methyl sites for hydroxylation is 2. The van der Waals surface area contributed by atoms with E-state index in [1.807, 2.05) is 0 Å². The predicted octanol–water partition coefficient (Wildman–Crippen LogP) is 5.05. The summed E-state index contributed by atoms with van der Waals surface area (Å²) in [6, 6.07) is 21.9. The summed E-state index contributed by atoms with van der Waals surface area (Å²) < 4.78 is 4.41. The van der Waals surface area contributed by atoms with Crippen molar-refractivity contribution in [2.24, 2.45) is 7.05 Å². The minimum Gasteiger partial charge on any atom is -0.323 e. The van der Waals surface area contributed by atoms with E-state index in [2.05, 4.69) is 102 Å². The summed E-state index contributed by atoms with van der Waals surface area (Å²) in [6.07, 6.45) is 6.46. The Morgan fingerprint density at radius 2 is 1.72 bits per heavy atom. The van der Waals surface area contributed by atoms with Gasteiger partial charge >= 0.3 is 0 Å². The van der Waals surface area contributed by atoms with Crippen LogP contribution in [0, 0.1) is 6.92 Å². The van der Waals surface area contributed by atoms with Crippen LogP contribution in [0.15, 0.2) is 79.3 Å². The van der Waals surface area contributed by atoms with E-state index < -0.39 is 0 Å². The highest BCUT2D eigenvalue weighted by Gasteiger charge is 2.17. The van der Waals surface area contributed by atoms with Crippen LogP contribution in [0.25, 0.3) is 38.3 Å². The van der Waals surface area contributed by atoms with E-state index in [0.29, 0.717) is 0 Å². The van der Waals surface area contributed by atoms with E-state index in [1.165, 1.54) is 43.9 Å². The van der Waals surface area contributed by atoms with Crippen molar-refractivity contribution in [3.63, 3.8) is 0 Å². The summed E-state index contributed by atoms with van der Waals surface area (Å²) in [4.78, 5) is 0. The molecule has 2 aromatic carbocycles. The second kappa shape index (κ2) is 5.18. The lowest BCUT2D eigenvalue weighted by Gasteiger charge is -2.10. The normalized spacial score (nSPS) is 11.6. The number of benzene rings is 2. The summed E-state index contributed by atoms with van der Waals surface area (Å²) in [5, 5.41) is 5.11. The Morgan fingerprint density at radius 3 is 2.64 bits per heavy atom. The summed E-state index contributed by atoms with van der Waals surface area (Å²) in [6.45, 7) is 2.20. The Balaban J connectivity index is 1.87. The number of hydrogen-bond donors (Lipinski definition) is 0. The fraction of sp³-hybridized carbons (Fsp3) is 0.0870. The minimum atomic E-state index is 1.23. The van der Waals surface area contributed by atoms with Crippen molar-refractivity contribution < 1.29 is 4.57 Å². The average molecular weight is 323 g/mol. The zero-order valence-corrected chi connectivity index (χ0v) is 14.4. The molecule has 5 rings (SSSR count). The highest BCUT2D eigenvalue weighted by atomic mass is 14.9. The first-order chi connectivity index (χ1) is 12.2. The number of aromatic nitrogens is 2. The van der Waals surface area contributed by atoms with Crippen molar-refractivity contribution in [3.05, 3.63) is 84.8 Å². The maximum Gasteiger partial charge on any atom is 0.220 e. The van der Waals surface area contributed by atoms with Crippen molar-refractivity contribution >= 4 is 27.1 Å². The molecule has 3 aromatic heterocycles. The first-order valence-corrected chi connectivity index (χ1v) is 8.59. The van der Waals surface area contributed by atoms with E-state index in [4.69, 9.17) is 0 Å². The second-order valence-electron chi connectivity index (χ2n) is 6.77. The SMILES string of the molecule is Cc1cc2cn3cccc3cc2cc1-c1c2ccccc2cc[n+]1C. The molecule has 0 amide bonds. The molecule has 5 aromatic rings. The van der Waals surface area contributed by atoms with E-state index in [-0.39, 0.29) is 0 Å². The Bertz CT molecular complexity index is 1260. The molecule has 0 radical (unpaired) electrons. The quantitative estimate of drug-likeness (QED) is 0.382. The molecular formula is C23H19N2+. The first-order valence-electron chi connectivity index (χ1n) is 8.59. The number of fused-ring (bicyclic) bond motifs is 3. The molecule has 0 fully saturated rings. The molecule has 0 aliphatic rings. The number of pyridine rings is 2. The van der Waals surface area contributed by atoms with Gasteiger partial charge in [0.1, 0.15) is 7.05 Å². The molecule has 25 heavy (non-hydrogen) atoms. The minimum absolute atomic E-state index is 1.23. The molecule has 0 spiro atoms. The lowest BCUT2D eigenvalue weighted by molar-refractivity contribution is -0.659. The van der Waals surface area contributed by atoms with Crippen molar-refractivity contribution in [2.45, 2.75) is 6.92 Å². The lowest BCUT2D eigenvalue weighted by atomic mass is 9.96. The van der Waals surface area contributed by atoms with Crippen LogP contribution in [0.2, 0.25) is 0 Å². The lowest BCUT2D eigenvalue weighted by Crippen LogP contribution is -2.30. The monoisotopic (exact) mass is 323 g/mol. The molecule has 0 saturated heterocycles. The van der Waals surface area contributed by atoms with E-state index in [9.17, 15) is 0 Å². The van der Waals surface area contributed by atoms with Gasteiger partial charge in [-0.2, -0.15) is 0 Å². The molecule has 0 N–H and O–H groups in total. The van der Waals surface area contributed by atoms with E-state index in [1.54, 1.807) is 0 Å². The van der Waals surface area contributed by atoms with Crippen molar-refractivity contribution in [2.75, 3.05) is 0 Å². The standard InChI is InChI=1S/C23H19N2/c1-16-12-19-15-25-10-5-7-20(25)13-18(19)14-22(16)23-21-8-4-3-6-17(21)9-11-24(23)2/h3-15H,1-2H3/q+1. The molecule has 0 saturated carbocycles. The van der Waals surface area contributed by atoms with Gasteiger partial charge in [0, 0.05) is 24.0 Å². The van der Waals surface area contributed by atoms with Crippen LogP contribution < -0.4 is 4.57 Å². The van der Waals surface area contributed by atoms with Crippen LogP contribution >= 0.6 is 0 Å². The van der Waals surface area contributed by atoms with Gasteiger partial charge < -0.3 is 4.40 Å². The van der Waals surface area contributed by atoms with Crippen LogP contribution in [0.3, 0.4) is 0 Å². The highest BCUT2D eigenvalue weighted by Crippen LogP contribution is 2.31. The Morgan fingerprint density at radius 1 is 0.840 bits per heavy atom. The van der Waals surface area contributed by atoms with Crippen LogP contribution in [0.1, 0.15) is 5.56 Å². The third kappa shape index (κ3) is 2.14. The third-order valence-electron chi connectivity index (χ3n) is 5.12. The Labute approximate surface area is 146 Å². The first kappa shape index (κ1) is 14.2. The van der Waals surface area contributed by atoms with Crippen LogP contribution in [0.5, 0.6) is 0 Å². The van der Waals surface area contributed by atoms with Gasteiger partial charge in [-0.05, 0) is 65.0 Å². The molecule has 2 nitrogen and oxygen atoms in total. The highest BCUT2D eigenvalue weighted by molar-refractivity contribution is 5.97.